The first-order valence-electron chi connectivity index (χ1n) is 7.65. The van der Waals surface area contributed by atoms with Crippen molar-refractivity contribution in [1.82, 2.24) is 10.2 Å². The summed E-state index contributed by atoms with van der Waals surface area (Å²) in [5.41, 5.74) is 1.09. The summed E-state index contributed by atoms with van der Waals surface area (Å²) in [6.45, 7) is 1.83. The van der Waals surface area contributed by atoms with E-state index in [0.29, 0.717) is 6.04 Å². The van der Waals surface area contributed by atoms with Crippen LogP contribution in [0.1, 0.15) is 12.8 Å². The van der Waals surface area contributed by atoms with Crippen molar-refractivity contribution in [1.29, 1.82) is 0 Å². The molecule has 1 fully saturated rings. The summed E-state index contributed by atoms with van der Waals surface area (Å²) in [5, 5.41) is 18.9. The number of anilines is 2. The molecule has 0 saturated carbocycles. The second-order valence-corrected chi connectivity index (χ2v) is 5.73. The zero-order valence-corrected chi connectivity index (χ0v) is 13.0. The Kier molecular flexibility index (Phi) is 4.36. The minimum atomic E-state index is -0.378. The van der Waals surface area contributed by atoms with E-state index < -0.39 is 0 Å². The molecule has 2 aromatic rings. The molecule has 0 radical (unpaired) electrons. The maximum Gasteiger partial charge on any atom is 0.269 e. The van der Waals surface area contributed by atoms with Crippen LogP contribution in [-0.2, 0) is 0 Å². The van der Waals surface area contributed by atoms with Crippen molar-refractivity contribution in [2.45, 2.75) is 18.9 Å². The summed E-state index contributed by atoms with van der Waals surface area (Å²) < 4.78 is 0. The Labute approximate surface area is 134 Å². The van der Waals surface area contributed by atoms with Crippen LogP contribution < -0.4 is 9.80 Å². The lowest BCUT2D eigenvalue weighted by atomic mass is 10.2. The van der Waals surface area contributed by atoms with Crippen LogP contribution in [0.3, 0.4) is 0 Å². The van der Waals surface area contributed by atoms with Gasteiger partial charge in [-0.1, -0.05) is 0 Å². The highest BCUT2D eigenvalue weighted by molar-refractivity contribution is 5.51. The van der Waals surface area contributed by atoms with Gasteiger partial charge in [0.1, 0.15) is 0 Å². The fourth-order valence-electron chi connectivity index (χ4n) is 3.02. The smallest absolute Gasteiger partial charge is 0.269 e. The van der Waals surface area contributed by atoms with Crippen molar-refractivity contribution < 1.29 is 4.92 Å². The predicted octanol–water partition coefficient (Wildman–Crippen LogP) is 2.49. The Morgan fingerprint density at radius 1 is 1.35 bits per heavy atom. The second kappa shape index (κ2) is 6.60. The lowest BCUT2D eigenvalue weighted by molar-refractivity contribution is -0.384. The average Bonchev–Trinajstić information content (AvgIpc) is 3.04. The molecule has 3 rings (SSSR count). The number of likely N-dealkylation sites (N-methyl/N-ethyl adjacent to an activating group) is 1. The molecule has 7 nitrogen and oxygen atoms in total. The Bertz CT molecular complexity index is 662. The number of aromatic nitrogens is 2. The van der Waals surface area contributed by atoms with Gasteiger partial charge in [-0.25, -0.2) is 0 Å². The molecule has 1 aliphatic heterocycles. The molecule has 7 heteroatoms. The number of rotatable bonds is 5. The van der Waals surface area contributed by atoms with Gasteiger partial charge >= 0.3 is 0 Å². The molecule has 23 heavy (non-hydrogen) atoms. The summed E-state index contributed by atoms with van der Waals surface area (Å²) in [6.07, 6.45) is 3.92. The first kappa shape index (κ1) is 15.2. The van der Waals surface area contributed by atoms with Crippen molar-refractivity contribution in [3.8, 4) is 0 Å². The zero-order valence-electron chi connectivity index (χ0n) is 13.0. The predicted molar refractivity (Wildman–Crippen MR) is 88.8 cm³/mol. The number of hydrogen-bond donors (Lipinski definition) is 0. The molecule has 1 saturated heterocycles. The number of nitro benzene ring substituents is 1. The third-order valence-corrected chi connectivity index (χ3v) is 4.22. The zero-order chi connectivity index (χ0) is 16.2. The van der Waals surface area contributed by atoms with Crippen LogP contribution in [0.2, 0.25) is 0 Å². The van der Waals surface area contributed by atoms with E-state index in [0.717, 1.165) is 37.4 Å². The van der Waals surface area contributed by atoms with Crippen molar-refractivity contribution in [2.24, 2.45) is 0 Å². The molecule has 1 unspecified atom stereocenters. The molecule has 1 aromatic carbocycles. The van der Waals surface area contributed by atoms with Crippen LogP contribution in [0, 0.1) is 10.1 Å². The van der Waals surface area contributed by atoms with E-state index in [2.05, 4.69) is 20.0 Å². The molecule has 2 heterocycles. The number of benzene rings is 1. The van der Waals surface area contributed by atoms with E-state index in [1.54, 1.807) is 30.5 Å². The lowest BCUT2D eigenvalue weighted by Gasteiger charge is -2.30. The second-order valence-electron chi connectivity index (χ2n) is 5.73. The van der Waals surface area contributed by atoms with Crippen LogP contribution in [0.15, 0.2) is 42.6 Å². The fraction of sp³-hybridized carbons (Fsp3) is 0.375. The average molecular weight is 313 g/mol. The lowest BCUT2D eigenvalue weighted by Crippen LogP contribution is -2.39. The summed E-state index contributed by atoms with van der Waals surface area (Å²) >= 11 is 0. The van der Waals surface area contributed by atoms with Crippen LogP contribution in [0.5, 0.6) is 0 Å². The van der Waals surface area contributed by atoms with Crippen molar-refractivity contribution in [2.75, 3.05) is 29.9 Å². The highest BCUT2D eigenvalue weighted by Crippen LogP contribution is 2.25. The molecular formula is C16H19N5O2. The third kappa shape index (κ3) is 3.39. The van der Waals surface area contributed by atoms with Crippen LogP contribution in [-0.4, -0.2) is 41.3 Å². The number of non-ortho nitro benzene ring substituents is 1. The van der Waals surface area contributed by atoms with E-state index in [1.807, 2.05) is 19.2 Å². The largest absolute Gasteiger partial charge is 0.373 e. The fourth-order valence-corrected chi connectivity index (χ4v) is 3.02. The van der Waals surface area contributed by atoms with Crippen LogP contribution >= 0.6 is 0 Å². The molecule has 0 aliphatic carbocycles. The summed E-state index contributed by atoms with van der Waals surface area (Å²) in [6, 6.07) is 10.9. The van der Waals surface area contributed by atoms with Gasteiger partial charge in [0.05, 0.1) is 4.92 Å². The van der Waals surface area contributed by atoms with Crippen LogP contribution in [0.4, 0.5) is 17.2 Å². The van der Waals surface area contributed by atoms with Gasteiger partial charge in [0.2, 0.25) is 0 Å². The summed E-state index contributed by atoms with van der Waals surface area (Å²) in [4.78, 5) is 14.8. The topological polar surface area (TPSA) is 75.4 Å². The molecule has 1 aliphatic rings. The number of hydrogen-bond acceptors (Lipinski definition) is 6. The SMILES string of the molecule is CN(CC1CCCN1c1cccnn1)c1ccc([N+](=O)[O-])cc1. The standard InChI is InChI=1S/C16H19N5O2/c1-19(13-6-8-14(9-7-13)21(22)23)12-15-4-3-11-20(15)16-5-2-10-17-18-16/h2,5-10,15H,3-4,11-12H2,1H3. The molecule has 1 atom stereocenters. The Balaban J connectivity index is 1.69. The van der Waals surface area contributed by atoms with Crippen molar-refractivity contribution >= 4 is 17.2 Å². The number of nitrogens with zero attached hydrogens (tertiary/aromatic N) is 5. The molecule has 0 bridgehead atoms. The molecular weight excluding hydrogens is 294 g/mol. The number of nitro groups is 1. The van der Waals surface area contributed by atoms with Gasteiger partial charge in [0.15, 0.2) is 5.82 Å². The first-order chi connectivity index (χ1) is 11.1. The van der Waals surface area contributed by atoms with E-state index in [9.17, 15) is 10.1 Å². The maximum absolute atomic E-state index is 10.7. The van der Waals surface area contributed by atoms with Gasteiger partial charge in [0.25, 0.3) is 5.69 Å². The third-order valence-electron chi connectivity index (χ3n) is 4.22. The Hall–Kier alpha value is -2.70. The highest BCUT2D eigenvalue weighted by Gasteiger charge is 2.27. The molecule has 0 spiro atoms. The van der Waals surface area contributed by atoms with Gasteiger partial charge in [-0.15, -0.1) is 5.10 Å². The monoisotopic (exact) mass is 313 g/mol. The maximum atomic E-state index is 10.7. The molecule has 1 aromatic heterocycles. The molecule has 0 amide bonds. The van der Waals surface area contributed by atoms with Gasteiger partial charge in [-0.3, -0.25) is 10.1 Å². The van der Waals surface area contributed by atoms with Crippen LogP contribution in [0.25, 0.3) is 0 Å². The van der Waals surface area contributed by atoms with Gasteiger partial charge in [0, 0.05) is 50.2 Å². The minimum Gasteiger partial charge on any atom is -0.373 e. The van der Waals surface area contributed by atoms with Gasteiger partial charge < -0.3 is 9.80 Å². The molecule has 120 valence electrons. The highest BCUT2D eigenvalue weighted by atomic mass is 16.6. The van der Waals surface area contributed by atoms with Crippen molar-refractivity contribution in [3.05, 3.63) is 52.7 Å². The Morgan fingerprint density at radius 2 is 2.13 bits per heavy atom. The van der Waals surface area contributed by atoms with Gasteiger partial charge in [-0.2, -0.15) is 5.10 Å². The first-order valence-corrected chi connectivity index (χ1v) is 7.65. The van der Waals surface area contributed by atoms with Crippen molar-refractivity contribution in [3.63, 3.8) is 0 Å². The van der Waals surface area contributed by atoms with E-state index in [1.165, 1.54) is 0 Å². The minimum absolute atomic E-state index is 0.115. The normalized spacial score (nSPS) is 17.3. The van der Waals surface area contributed by atoms with E-state index >= 15 is 0 Å². The Morgan fingerprint density at radius 3 is 2.78 bits per heavy atom. The summed E-state index contributed by atoms with van der Waals surface area (Å²) in [5.74, 6) is 0.909. The quantitative estimate of drug-likeness (QED) is 0.623. The molecule has 0 N–H and O–H groups in total. The summed E-state index contributed by atoms with van der Waals surface area (Å²) in [7, 11) is 2.01. The van der Waals surface area contributed by atoms with Gasteiger partial charge in [-0.05, 0) is 37.1 Å². The van der Waals surface area contributed by atoms with E-state index in [-0.39, 0.29) is 10.6 Å². The van der Waals surface area contributed by atoms with E-state index in [4.69, 9.17) is 0 Å².